The van der Waals surface area contributed by atoms with Crippen LogP contribution in [-0.2, 0) is 0 Å². The average Bonchev–Trinajstić information content (AvgIpc) is 2.12. The molecule has 0 aliphatic heterocycles. The molecule has 0 spiro atoms. The van der Waals surface area contributed by atoms with Gasteiger partial charge in [0, 0.05) is 0 Å². The predicted octanol–water partition coefficient (Wildman–Crippen LogP) is 3.60. The molecule has 1 N–H and O–H groups in total. The normalized spacial score (nSPS) is 14.9. The lowest BCUT2D eigenvalue weighted by atomic mass is 9.94. The summed E-state index contributed by atoms with van der Waals surface area (Å²) in [4.78, 5) is 0. The summed E-state index contributed by atoms with van der Waals surface area (Å²) in [5.41, 5.74) is -0.783. The van der Waals surface area contributed by atoms with Gasteiger partial charge in [-0.3, -0.25) is 0 Å². The highest BCUT2D eigenvalue weighted by molar-refractivity contribution is 5.20. The van der Waals surface area contributed by atoms with Gasteiger partial charge in [-0.2, -0.15) is 26.3 Å². The van der Waals surface area contributed by atoms with Crippen molar-refractivity contribution >= 4 is 0 Å². The molecule has 1 rings (SSSR count). The second-order valence-corrected chi connectivity index (χ2v) is 3.56. The standard InChI is InChI=1S/C10H7F7O/c11-6-3-1-2-5(4-6)7(18)8(9(12,13)14)10(15,16)17/h1-4,7-8,18H. The summed E-state index contributed by atoms with van der Waals surface area (Å²) >= 11 is 0. The summed E-state index contributed by atoms with van der Waals surface area (Å²) in [5, 5.41) is 9.17. The first kappa shape index (κ1) is 14.7. The summed E-state index contributed by atoms with van der Waals surface area (Å²) in [7, 11) is 0. The van der Waals surface area contributed by atoms with E-state index >= 15 is 0 Å². The molecule has 0 aromatic heterocycles. The van der Waals surface area contributed by atoms with Gasteiger partial charge < -0.3 is 5.11 Å². The number of hydrogen-bond acceptors (Lipinski definition) is 1. The third kappa shape index (κ3) is 3.34. The minimum absolute atomic E-state index is 0.426. The van der Waals surface area contributed by atoms with Gasteiger partial charge >= 0.3 is 12.4 Å². The fourth-order valence-corrected chi connectivity index (χ4v) is 1.43. The number of aliphatic hydroxyl groups excluding tert-OH is 1. The van der Waals surface area contributed by atoms with E-state index in [1.54, 1.807) is 0 Å². The highest BCUT2D eigenvalue weighted by Crippen LogP contribution is 2.46. The molecular formula is C10H7F7O. The first-order chi connectivity index (χ1) is 8.03. The van der Waals surface area contributed by atoms with Crippen LogP contribution in [0.4, 0.5) is 30.7 Å². The van der Waals surface area contributed by atoms with Crippen LogP contribution >= 0.6 is 0 Å². The van der Waals surface area contributed by atoms with Crippen molar-refractivity contribution in [2.75, 3.05) is 0 Å². The van der Waals surface area contributed by atoms with Crippen LogP contribution in [0, 0.1) is 11.7 Å². The zero-order valence-electron chi connectivity index (χ0n) is 8.56. The molecule has 0 aliphatic rings. The minimum atomic E-state index is -5.68. The van der Waals surface area contributed by atoms with Crippen LogP contribution < -0.4 is 0 Å². The molecule has 8 heteroatoms. The lowest BCUT2D eigenvalue weighted by Crippen LogP contribution is -2.40. The van der Waals surface area contributed by atoms with Gasteiger partial charge in [0.1, 0.15) is 5.82 Å². The maximum absolute atomic E-state index is 12.7. The molecule has 1 unspecified atom stereocenters. The van der Waals surface area contributed by atoms with Gasteiger partial charge in [0.25, 0.3) is 0 Å². The number of rotatable bonds is 2. The predicted molar refractivity (Wildman–Crippen MR) is 47.0 cm³/mol. The molecule has 0 bridgehead atoms. The molecule has 1 atom stereocenters. The quantitative estimate of drug-likeness (QED) is 0.818. The number of hydrogen-bond donors (Lipinski definition) is 1. The molecule has 0 radical (unpaired) electrons. The summed E-state index contributed by atoms with van der Waals surface area (Å²) in [6, 6.07) is 2.97. The van der Waals surface area contributed by atoms with Gasteiger partial charge in [-0.1, -0.05) is 12.1 Å². The Hall–Kier alpha value is -1.31. The van der Waals surface area contributed by atoms with Crippen molar-refractivity contribution in [1.29, 1.82) is 0 Å². The van der Waals surface area contributed by atoms with E-state index < -0.39 is 35.8 Å². The molecular weight excluding hydrogens is 269 g/mol. The van der Waals surface area contributed by atoms with Crippen LogP contribution in [0.5, 0.6) is 0 Å². The number of alkyl halides is 6. The van der Waals surface area contributed by atoms with Crippen LogP contribution in [0.2, 0.25) is 0 Å². The Balaban J connectivity index is 3.15. The second kappa shape index (κ2) is 4.75. The SMILES string of the molecule is OC(c1cccc(F)c1)C(C(F)(F)F)C(F)(F)F. The van der Waals surface area contributed by atoms with Crippen LogP contribution in [-0.4, -0.2) is 17.5 Å². The molecule has 102 valence electrons. The highest BCUT2D eigenvalue weighted by Gasteiger charge is 2.60. The largest absolute Gasteiger partial charge is 0.403 e. The minimum Gasteiger partial charge on any atom is -0.387 e. The van der Waals surface area contributed by atoms with E-state index in [9.17, 15) is 30.7 Å². The monoisotopic (exact) mass is 276 g/mol. The lowest BCUT2D eigenvalue weighted by molar-refractivity contribution is -0.307. The molecule has 18 heavy (non-hydrogen) atoms. The number of aliphatic hydroxyl groups is 1. The maximum Gasteiger partial charge on any atom is 0.403 e. The third-order valence-electron chi connectivity index (χ3n) is 2.21. The van der Waals surface area contributed by atoms with Gasteiger partial charge in [-0.15, -0.1) is 0 Å². The zero-order chi connectivity index (χ0) is 14.1. The van der Waals surface area contributed by atoms with Crippen LogP contribution in [0.3, 0.4) is 0 Å². The molecule has 0 fully saturated rings. The van der Waals surface area contributed by atoms with Gasteiger partial charge in [0.2, 0.25) is 0 Å². The second-order valence-electron chi connectivity index (χ2n) is 3.56. The van der Waals surface area contributed by atoms with Crippen LogP contribution in [0.1, 0.15) is 11.7 Å². The van der Waals surface area contributed by atoms with E-state index in [-0.39, 0.29) is 0 Å². The Morgan fingerprint density at radius 3 is 1.83 bits per heavy atom. The molecule has 1 aromatic rings. The van der Waals surface area contributed by atoms with E-state index in [4.69, 9.17) is 5.11 Å². The van der Waals surface area contributed by atoms with Crippen molar-refractivity contribution in [3.63, 3.8) is 0 Å². The van der Waals surface area contributed by atoms with E-state index in [1.807, 2.05) is 0 Å². The maximum atomic E-state index is 12.7. The Labute approximate surface area is 96.8 Å². The molecule has 1 nitrogen and oxygen atoms in total. The highest BCUT2D eigenvalue weighted by atomic mass is 19.4. The van der Waals surface area contributed by atoms with Crippen molar-refractivity contribution in [3.05, 3.63) is 35.6 Å². The van der Waals surface area contributed by atoms with Gasteiger partial charge in [-0.25, -0.2) is 4.39 Å². The summed E-state index contributed by atoms with van der Waals surface area (Å²) in [6.45, 7) is 0. The van der Waals surface area contributed by atoms with Crippen LogP contribution in [0.15, 0.2) is 24.3 Å². The summed E-state index contributed by atoms with van der Waals surface area (Å²) in [5.74, 6) is -4.98. The smallest absolute Gasteiger partial charge is 0.387 e. The van der Waals surface area contributed by atoms with Crippen molar-refractivity contribution in [3.8, 4) is 0 Å². The van der Waals surface area contributed by atoms with Gasteiger partial charge in [0.05, 0.1) is 6.10 Å². The summed E-state index contributed by atoms with van der Waals surface area (Å²) < 4.78 is 86.4. The van der Waals surface area contributed by atoms with Crippen LogP contribution in [0.25, 0.3) is 0 Å². The Morgan fingerprint density at radius 2 is 1.44 bits per heavy atom. The molecule has 1 aromatic carbocycles. The van der Waals surface area contributed by atoms with E-state index in [0.29, 0.717) is 6.07 Å². The van der Waals surface area contributed by atoms with E-state index in [2.05, 4.69) is 0 Å². The van der Waals surface area contributed by atoms with Crippen molar-refractivity contribution in [2.45, 2.75) is 18.5 Å². The Kier molecular flexibility index (Phi) is 3.89. The zero-order valence-corrected chi connectivity index (χ0v) is 8.56. The van der Waals surface area contributed by atoms with Crippen molar-refractivity contribution in [2.24, 2.45) is 5.92 Å². The molecule has 0 heterocycles. The number of halogens is 7. The average molecular weight is 276 g/mol. The number of benzene rings is 1. The lowest BCUT2D eigenvalue weighted by Gasteiger charge is -2.27. The third-order valence-corrected chi connectivity index (χ3v) is 2.21. The van der Waals surface area contributed by atoms with E-state index in [1.165, 1.54) is 0 Å². The molecule has 0 saturated heterocycles. The fourth-order valence-electron chi connectivity index (χ4n) is 1.43. The van der Waals surface area contributed by atoms with Gasteiger partial charge in [0.15, 0.2) is 5.92 Å². The molecule has 0 aliphatic carbocycles. The summed E-state index contributed by atoms with van der Waals surface area (Å²) in [6.07, 6.45) is -14.3. The first-order valence-electron chi connectivity index (χ1n) is 4.60. The first-order valence-corrected chi connectivity index (χ1v) is 4.60. The van der Waals surface area contributed by atoms with Crippen molar-refractivity contribution in [1.82, 2.24) is 0 Å². The van der Waals surface area contributed by atoms with Gasteiger partial charge in [-0.05, 0) is 17.7 Å². The topological polar surface area (TPSA) is 20.2 Å². The van der Waals surface area contributed by atoms with E-state index in [0.717, 1.165) is 18.2 Å². The molecule has 0 saturated carbocycles. The van der Waals surface area contributed by atoms with Crippen molar-refractivity contribution < 1.29 is 35.8 Å². The Morgan fingerprint density at radius 1 is 0.944 bits per heavy atom. The molecule has 0 amide bonds. The Bertz CT molecular complexity index is 395. The fraction of sp³-hybridized carbons (Fsp3) is 0.400.